The van der Waals surface area contributed by atoms with E-state index in [-0.39, 0.29) is 11.3 Å². The lowest BCUT2D eigenvalue weighted by Gasteiger charge is -2.31. The van der Waals surface area contributed by atoms with E-state index >= 15 is 0 Å². The second kappa shape index (κ2) is 6.34. The molecule has 1 saturated carbocycles. The predicted molar refractivity (Wildman–Crippen MR) is 90.8 cm³/mol. The van der Waals surface area contributed by atoms with Crippen LogP contribution in [0.1, 0.15) is 43.0 Å². The minimum atomic E-state index is -1.21. The zero-order chi connectivity index (χ0) is 18.2. The molecule has 8 heteroatoms. The maximum atomic E-state index is 12.3. The van der Waals surface area contributed by atoms with Crippen LogP contribution in [0.15, 0.2) is 18.2 Å². The van der Waals surface area contributed by atoms with Crippen molar-refractivity contribution in [3.05, 3.63) is 33.9 Å². The van der Waals surface area contributed by atoms with E-state index in [1.807, 2.05) is 4.90 Å². The first-order chi connectivity index (χ1) is 11.8. The second-order valence-corrected chi connectivity index (χ2v) is 6.97. The summed E-state index contributed by atoms with van der Waals surface area (Å²) in [7, 11) is 0. The Morgan fingerprint density at radius 1 is 1.32 bits per heavy atom. The van der Waals surface area contributed by atoms with Crippen molar-refractivity contribution in [1.29, 1.82) is 0 Å². The Balaban J connectivity index is 1.83. The highest BCUT2D eigenvalue weighted by Crippen LogP contribution is 2.36. The molecule has 0 radical (unpaired) electrons. The zero-order valence-corrected chi connectivity index (χ0v) is 14.0. The number of nitro benzene ring substituents is 1. The van der Waals surface area contributed by atoms with E-state index in [0.29, 0.717) is 24.4 Å². The summed E-state index contributed by atoms with van der Waals surface area (Å²) in [5.41, 5.74) is -0.725. The van der Waals surface area contributed by atoms with Crippen LogP contribution in [0.2, 0.25) is 0 Å². The van der Waals surface area contributed by atoms with Gasteiger partial charge in [0.15, 0.2) is 0 Å². The van der Waals surface area contributed by atoms with Crippen molar-refractivity contribution in [2.45, 2.75) is 38.1 Å². The number of aliphatic carboxylic acids is 1. The minimum Gasteiger partial charge on any atom is -0.480 e. The number of nitrogens with zero attached hydrogens (tertiary/aromatic N) is 2. The summed E-state index contributed by atoms with van der Waals surface area (Å²) in [6.45, 7) is 3.65. The topological polar surface area (TPSA) is 113 Å². The summed E-state index contributed by atoms with van der Waals surface area (Å²) in [4.78, 5) is 36.4. The summed E-state index contributed by atoms with van der Waals surface area (Å²) in [5.74, 6) is -1.07. The van der Waals surface area contributed by atoms with Crippen LogP contribution in [0.3, 0.4) is 0 Å². The van der Waals surface area contributed by atoms with Crippen LogP contribution >= 0.6 is 0 Å². The number of nitro groups is 1. The largest absolute Gasteiger partial charge is 0.480 e. The van der Waals surface area contributed by atoms with E-state index in [1.165, 1.54) is 12.1 Å². The third kappa shape index (κ3) is 3.42. The number of hydrogen-bond donors (Lipinski definition) is 2. The Kier molecular flexibility index (Phi) is 4.36. The van der Waals surface area contributed by atoms with Crippen LogP contribution in [0.25, 0.3) is 0 Å². The molecule has 0 bridgehead atoms. The van der Waals surface area contributed by atoms with Crippen LogP contribution in [0, 0.1) is 16.0 Å². The first-order valence-electron chi connectivity index (χ1n) is 8.42. The number of anilines is 1. The van der Waals surface area contributed by atoms with Gasteiger partial charge in [0.2, 0.25) is 0 Å². The lowest BCUT2D eigenvalue weighted by atomic mass is 9.98. The van der Waals surface area contributed by atoms with Gasteiger partial charge >= 0.3 is 5.97 Å². The van der Waals surface area contributed by atoms with Gasteiger partial charge in [-0.1, -0.05) is 6.92 Å². The van der Waals surface area contributed by atoms with Gasteiger partial charge in [0.25, 0.3) is 11.6 Å². The van der Waals surface area contributed by atoms with Crippen LogP contribution < -0.4 is 10.2 Å². The lowest BCUT2D eigenvalue weighted by molar-refractivity contribution is -0.384. The second-order valence-electron chi connectivity index (χ2n) is 6.97. The molecule has 0 unspecified atom stereocenters. The number of carbonyl (C=O) groups excluding carboxylic acids is 1. The minimum absolute atomic E-state index is 0.105. The van der Waals surface area contributed by atoms with Crippen molar-refractivity contribution in [3.63, 3.8) is 0 Å². The zero-order valence-electron chi connectivity index (χ0n) is 14.0. The highest BCUT2D eigenvalue weighted by Gasteiger charge is 2.51. The van der Waals surface area contributed by atoms with E-state index in [9.17, 15) is 19.7 Å². The Morgan fingerprint density at radius 2 is 1.96 bits per heavy atom. The molecule has 1 amide bonds. The number of hydrogen-bond acceptors (Lipinski definition) is 5. The Hall–Kier alpha value is -2.64. The molecule has 134 valence electrons. The monoisotopic (exact) mass is 347 g/mol. The number of carboxylic acid groups (broad SMARTS) is 1. The van der Waals surface area contributed by atoms with E-state index in [2.05, 4.69) is 12.2 Å². The van der Waals surface area contributed by atoms with Crippen molar-refractivity contribution in [1.82, 2.24) is 5.32 Å². The average molecular weight is 347 g/mol. The Morgan fingerprint density at radius 3 is 2.48 bits per heavy atom. The highest BCUT2D eigenvalue weighted by atomic mass is 16.6. The molecule has 0 spiro atoms. The van der Waals surface area contributed by atoms with Gasteiger partial charge < -0.3 is 15.3 Å². The Labute approximate surface area is 145 Å². The fraction of sp³-hybridized carbons (Fsp3) is 0.529. The van der Waals surface area contributed by atoms with Crippen molar-refractivity contribution in [3.8, 4) is 0 Å². The predicted octanol–water partition coefficient (Wildman–Crippen LogP) is 2.18. The SMILES string of the molecule is CC1CCN(c2ccc(C(=O)NC3(C(=O)O)CC3)cc2[N+](=O)[O-])CC1. The molecule has 1 aliphatic carbocycles. The standard InChI is InChI=1S/C17H21N3O5/c1-11-4-8-19(9-5-11)13-3-2-12(10-14(13)20(24)25)15(21)18-17(6-7-17)16(22)23/h2-3,10-11H,4-9H2,1H3,(H,18,21)(H,22,23). The lowest BCUT2D eigenvalue weighted by Crippen LogP contribution is -2.43. The molecule has 2 aliphatic rings. The third-order valence-corrected chi connectivity index (χ3v) is 5.07. The molecule has 0 atom stereocenters. The molecule has 1 aliphatic heterocycles. The number of benzene rings is 1. The van der Waals surface area contributed by atoms with Crippen molar-refractivity contribution in [2.24, 2.45) is 5.92 Å². The van der Waals surface area contributed by atoms with Crippen molar-refractivity contribution < 1.29 is 19.6 Å². The number of amides is 1. The van der Waals surface area contributed by atoms with Crippen LogP contribution in [0.5, 0.6) is 0 Å². The fourth-order valence-electron chi connectivity index (χ4n) is 3.13. The summed E-state index contributed by atoms with van der Waals surface area (Å²) in [6, 6.07) is 4.34. The van der Waals surface area contributed by atoms with E-state index in [4.69, 9.17) is 5.11 Å². The molecule has 3 rings (SSSR count). The summed E-state index contributed by atoms with van der Waals surface area (Å²) >= 11 is 0. The van der Waals surface area contributed by atoms with Crippen molar-refractivity contribution >= 4 is 23.3 Å². The number of piperidine rings is 1. The quantitative estimate of drug-likeness (QED) is 0.623. The fourth-order valence-corrected chi connectivity index (χ4v) is 3.13. The van der Waals surface area contributed by atoms with Crippen LogP contribution in [-0.2, 0) is 4.79 Å². The van der Waals surface area contributed by atoms with Gasteiger partial charge in [-0.15, -0.1) is 0 Å². The van der Waals surface area contributed by atoms with Gasteiger partial charge in [0.05, 0.1) is 4.92 Å². The first kappa shape index (κ1) is 17.2. The molecular formula is C17H21N3O5. The van der Waals surface area contributed by atoms with Crippen LogP contribution in [0.4, 0.5) is 11.4 Å². The molecule has 1 aromatic carbocycles. The molecular weight excluding hydrogens is 326 g/mol. The third-order valence-electron chi connectivity index (χ3n) is 5.07. The molecule has 2 fully saturated rings. The summed E-state index contributed by atoms with van der Waals surface area (Å²) < 4.78 is 0. The maximum absolute atomic E-state index is 12.3. The van der Waals surface area contributed by atoms with Crippen LogP contribution in [-0.4, -0.2) is 40.5 Å². The highest BCUT2D eigenvalue weighted by molar-refractivity contribution is 6.00. The van der Waals surface area contributed by atoms with Gasteiger partial charge in [-0.25, -0.2) is 4.79 Å². The van der Waals surface area contributed by atoms with Gasteiger partial charge in [-0.05, 0) is 43.7 Å². The molecule has 1 saturated heterocycles. The van der Waals surface area contributed by atoms with E-state index in [1.54, 1.807) is 6.07 Å². The van der Waals surface area contributed by atoms with Crippen molar-refractivity contribution in [2.75, 3.05) is 18.0 Å². The molecule has 25 heavy (non-hydrogen) atoms. The maximum Gasteiger partial charge on any atom is 0.329 e. The molecule has 1 aromatic rings. The summed E-state index contributed by atoms with van der Waals surface area (Å²) in [6.07, 6.45) is 2.70. The smallest absolute Gasteiger partial charge is 0.329 e. The summed E-state index contributed by atoms with van der Waals surface area (Å²) in [5, 5.41) is 23.1. The van der Waals surface area contributed by atoms with Gasteiger partial charge in [0, 0.05) is 24.7 Å². The first-order valence-corrected chi connectivity index (χ1v) is 8.42. The number of nitrogens with one attached hydrogen (secondary N) is 1. The molecule has 0 aromatic heterocycles. The number of rotatable bonds is 5. The van der Waals surface area contributed by atoms with Gasteiger partial charge in [-0.3, -0.25) is 14.9 Å². The van der Waals surface area contributed by atoms with Gasteiger partial charge in [0.1, 0.15) is 11.2 Å². The van der Waals surface area contributed by atoms with E-state index in [0.717, 1.165) is 25.9 Å². The molecule has 2 N–H and O–H groups in total. The molecule has 8 nitrogen and oxygen atoms in total. The number of carbonyl (C=O) groups is 2. The Bertz CT molecular complexity index is 721. The number of carboxylic acids is 1. The van der Waals surface area contributed by atoms with Gasteiger partial charge in [-0.2, -0.15) is 0 Å². The normalized spacial score (nSPS) is 19.3. The average Bonchev–Trinajstić information content (AvgIpc) is 3.36. The molecule has 1 heterocycles. The van der Waals surface area contributed by atoms with E-state index < -0.39 is 22.3 Å².